The molecule has 0 aliphatic carbocycles. The fourth-order valence-corrected chi connectivity index (χ4v) is 4.35. The van der Waals surface area contributed by atoms with Gasteiger partial charge >= 0.3 is 0 Å². The smallest absolute Gasteiger partial charge is 0.222 e. The predicted molar refractivity (Wildman–Crippen MR) is 104 cm³/mol. The normalized spacial score (nSPS) is 24.8. The Morgan fingerprint density at radius 2 is 2.11 bits per heavy atom. The van der Waals surface area contributed by atoms with E-state index in [0.29, 0.717) is 25.1 Å². The lowest BCUT2D eigenvalue weighted by Crippen LogP contribution is -2.60. The standard InChI is InChI=1S/C21H30N4O2/c1-23-10-11-24(16-19-5-3-4-18(14-19)15-22)17-21(23)7-6-20(26)25(9-8-21)12-13-27-2/h3-5,14H,6-13,16-17H2,1-2H3/t21-/m1/s1. The minimum atomic E-state index is 0.0442. The molecule has 6 heteroatoms. The number of nitrogens with zero attached hydrogens (tertiary/aromatic N) is 4. The van der Waals surface area contributed by atoms with Crippen molar-refractivity contribution in [3.05, 3.63) is 35.4 Å². The van der Waals surface area contributed by atoms with Gasteiger partial charge in [0, 0.05) is 58.3 Å². The number of hydrogen-bond acceptors (Lipinski definition) is 5. The maximum atomic E-state index is 12.5. The molecule has 1 atom stereocenters. The minimum Gasteiger partial charge on any atom is -0.383 e. The zero-order valence-corrected chi connectivity index (χ0v) is 16.5. The number of methoxy groups -OCH3 is 1. The molecule has 0 unspecified atom stereocenters. The molecule has 1 spiro atoms. The Kier molecular flexibility index (Phi) is 6.48. The molecular formula is C21H30N4O2. The molecule has 0 N–H and O–H groups in total. The van der Waals surface area contributed by atoms with Crippen molar-refractivity contribution in [2.75, 3.05) is 53.5 Å². The van der Waals surface area contributed by atoms with Crippen LogP contribution in [0.4, 0.5) is 0 Å². The van der Waals surface area contributed by atoms with Crippen molar-refractivity contribution in [3.8, 4) is 6.07 Å². The first kappa shape index (κ1) is 19.8. The molecule has 2 aliphatic rings. The fourth-order valence-electron chi connectivity index (χ4n) is 4.35. The molecule has 0 bridgehead atoms. The van der Waals surface area contributed by atoms with Gasteiger partial charge in [0.1, 0.15) is 0 Å². The molecule has 6 nitrogen and oxygen atoms in total. The molecule has 2 fully saturated rings. The van der Waals surface area contributed by atoms with Crippen LogP contribution in [0, 0.1) is 11.3 Å². The number of carbonyl (C=O) groups is 1. The van der Waals surface area contributed by atoms with E-state index in [1.54, 1.807) is 7.11 Å². The lowest BCUT2D eigenvalue weighted by atomic mass is 9.86. The van der Waals surface area contributed by atoms with Crippen LogP contribution in [-0.4, -0.2) is 79.6 Å². The summed E-state index contributed by atoms with van der Waals surface area (Å²) in [5, 5.41) is 9.13. The minimum absolute atomic E-state index is 0.0442. The summed E-state index contributed by atoms with van der Waals surface area (Å²) in [6, 6.07) is 10.1. The van der Waals surface area contributed by atoms with Gasteiger partial charge in [-0.05, 0) is 37.6 Å². The zero-order chi connectivity index (χ0) is 19.3. The highest BCUT2D eigenvalue weighted by Crippen LogP contribution is 2.32. The quantitative estimate of drug-likeness (QED) is 0.790. The Hall–Kier alpha value is -1.94. The average molecular weight is 370 g/mol. The summed E-state index contributed by atoms with van der Waals surface area (Å²) in [5.74, 6) is 0.246. The van der Waals surface area contributed by atoms with E-state index in [4.69, 9.17) is 10.00 Å². The molecular weight excluding hydrogens is 340 g/mol. The first-order valence-corrected chi connectivity index (χ1v) is 9.76. The third-order valence-electron chi connectivity index (χ3n) is 6.11. The van der Waals surface area contributed by atoms with Crippen molar-refractivity contribution < 1.29 is 9.53 Å². The van der Waals surface area contributed by atoms with Crippen LogP contribution >= 0.6 is 0 Å². The van der Waals surface area contributed by atoms with E-state index in [2.05, 4.69) is 29.0 Å². The summed E-state index contributed by atoms with van der Waals surface area (Å²) < 4.78 is 5.16. The summed E-state index contributed by atoms with van der Waals surface area (Å²) >= 11 is 0. The first-order valence-electron chi connectivity index (χ1n) is 9.76. The Balaban J connectivity index is 1.69. The summed E-state index contributed by atoms with van der Waals surface area (Å²) in [6.07, 6.45) is 2.50. The summed E-state index contributed by atoms with van der Waals surface area (Å²) in [5.41, 5.74) is 1.94. The fraction of sp³-hybridized carbons (Fsp3) is 0.619. The molecule has 1 amide bonds. The average Bonchev–Trinajstić information content (AvgIpc) is 2.83. The van der Waals surface area contributed by atoms with Gasteiger partial charge in [0.2, 0.25) is 5.91 Å². The van der Waals surface area contributed by atoms with Crippen LogP contribution < -0.4 is 0 Å². The van der Waals surface area contributed by atoms with Crippen LogP contribution in [0.1, 0.15) is 30.4 Å². The number of nitriles is 1. The van der Waals surface area contributed by atoms with Crippen LogP contribution in [0.25, 0.3) is 0 Å². The van der Waals surface area contributed by atoms with Crippen molar-refractivity contribution in [1.82, 2.24) is 14.7 Å². The summed E-state index contributed by atoms with van der Waals surface area (Å²) in [4.78, 5) is 19.4. The van der Waals surface area contributed by atoms with Gasteiger partial charge in [-0.2, -0.15) is 5.26 Å². The summed E-state index contributed by atoms with van der Waals surface area (Å²) in [7, 11) is 3.88. The molecule has 0 aromatic heterocycles. The maximum absolute atomic E-state index is 12.5. The highest BCUT2D eigenvalue weighted by Gasteiger charge is 2.42. The first-order chi connectivity index (χ1) is 13.1. The third kappa shape index (κ3) is 4.67. The molecule has 27 heavy (non-hydrogen) atoms. The number of benzene rings is 1. The Labute approximate surface area is 162 Å². The molecule has 1 aromatic carbocycles. The van der Waals surface area contributed by atoms with Crippen LogP contribution in [-0.2, 0) is 16.1 Å². The molecule has 3 rings (SSSR count). The molecule has 0 saturated carbocycles. The van der Waals surface area contributed by atoms with E-state index in [1.165, 1.54) is 5.56 Å². The van der Waals surface area contributed by atoms with Gasteiger partial charge < -0.3 is 9.64 Å². The van der Waals surface area contributed by atoms with Gasteiger partial charge in [0.05, 0.1) is 18.2 Å². The van der Waals surface area contributed by atoms with Crippen LogP contribution in [0.15, 0.2) is 24.3 Å². The van der Waals surface area contributed by atoms with E-state index in [-0.39, 0.29) is 11.4 Å². The topological polar surface area (TPSA) is 59.8 Å². The number of rotatable bonds is 5. The van der Waals surface area contributed by atoms with Crippen molar-refractivity contribution in [1.29, 1.82) is 5.26 Å². The number of ether oxygens (including phenoxy) is 1. The second-order valence-corrected chi connectivity index (χ2v) is 7.79. The van der Waals surface area contributed by atoms with Gasteiger partial charge in [-0.3, -0.25) is 14.6 Å². The van der Waals surface area contributed by atoms with Gasteiger partial charge in [-0.25, -0.2) is 0 Å². The summed E-state index contributed by atoms with van der Waals surface area (Å²) in [6.45, 7) is 5.90. The van der Waals surface area contributed by atoms with Gasteiger partial charge in [-0.1, -0.05) is 12.1 Å². The van der Waals surface area contributed by atoms with Crippen molar-refractivity contribution in [2.45, 2.75) is 31.3 Å². The highest BCUT2D eigenvalue weighted by molar-refractivity contribution is 5.76. The van der Waals surface area contributed by atoms with Gasteiger partial charge in [0.15, 0.2) is 0 Å². The van der Waals surface area contributed by atoms with Crippen molar-refractivity contribution in [3.63, 3.8) is 0 Å². The number of likely N-dealkylation sites (tertiary alicyclic amines) is 1. The number of carbonyl (C=O) groups excluding carboxylic acids is 1. The lowest BCUT2D eigenvalue weighted by Gasteiger charge is -2.49. The Morgan fingerprint density at radius 1 is 1.26 bits per heavy atom. The van der Waals surface area contributed by atoms with E-state index in [1.807, 2.05) is 23.1 Å². The molecule has 0 radical (unpaired) electrons. The third-order valence-corrected chi connectivity index (χ3v) is 6.11. The van der Waals surface area contributed by atoms with Gasteiger partial charge in [-0.15, -0.1) is 0 Å². The number of likely N-dealkylation sites (N-methyl/N-ethyl adjacent to an activating group) is 1. The largest absolute Gasteiger partial charge is 0.383 e. The molecule has 2 aliphatic heterocycles. The Morgan fingerprint density at radius 3 is 2.89 bits per heavy atom. The van der Waals surface area contributed by atoms with Crippen LogP contribution in [0.5, 0.6) is 0 Å². The predicted octanol–water partition coefficient (Wildman–Crippen LogP) is 1.70. The number of piperazine rings is 1. The zero-order valence-electron chi connectivity index (χ0n) is 16.5. The molecule has 1 aromatic rings. The van der Waals surface area contributed by atoms with E-state index < -0.39 is 0 Å². The molecule has 2 heterocycles. The maximum Gasteiger partial charge on any atom is 0.222 e. The number of hydrogen-bond donors (Lipinski definition) is 0. The monoisotopic (exact) mass is 370 g/mol. The molecule has 146 valence electrons. The van der Waals surface area contributed by atoms with Gasteiger partial charge in [0.25, 0.3) is 0 Å². The Bertz CT molecular complexity index is 702. The second-order valence-electron chi connectivity index (χ2n) is 7.79. The van der Waals surface area contributed by atoms with Crippen LogP contribution in [0.3, 0.4) is 0 Å². The van der Waals surface area contributed by atoms with Crippen molar-refractivity contribution >= 4 is 5.91 Å². The van der Waals surface area contributed by atoms with Crippen molar-refractivity contribution in [2.24, 2.45) is 0 Å². The lowest BCUT2D eigenvalue weighted by molar-refractivity contribution is -0.131. The van der Waals surface area contributed by atoms with Crippen LogP contribution in [0.2, 0.25) is 0 Å². The number of amides is 1. The van der Waals surface area contributed by atoms with E-state index in [9.17, 15) is 4.79 Å². The highest BCUT2D eigenvalue weighted by atomic mass is 16.5. The molecule has 2 saturated heterocycles. The van der Waals surface area contributed by atoms with E-state index >= 15 is 0 Å². The SMILES string of the molecule is COCCN1CC[C@]2(CCC1=O)CN(Cc1cccc(C#N)c1)CCN2C. The van der Waals surface area contributed by atoms with E-state index in [0.717, 1.165) is 45.6 Å². The second kappa shape index (κ2) is 8.83.